The van der Waals surface area contributed by atoms with Crippen LogP contribution in [0.2, 0.25) is 0 Å². The fourth-order valence-electron chi connectivity index (χ4n) is 3.42. The van der Waals surface area contributed by atoms with E-state index >= 15 is 4.39 Å². The first-order valence-electron chi connectivity index (χ1n) is 9.98. The molecule has 2 aliphatic heterocycles. The lowest BCUT2D eigenvalue weighted by molar-refractivity contribution is 0.134. The van der Waals surface area contributed by atoms with Crippen LogP contribution >= 0.6 is 0 Å². The Bertz CT molecular complexity index is 1070. The van der Waals surface area contributed by atoms with E-state index in [1.807, 2.05) is 0 Å². The summed E-state index contributed by atoms with van der Waals surface area (Å²) < 4.78 is 30.5. The van der Waals surface area contributed by atoms with Crippen molar-refractivity contribution in [2.24, 2.45) is 0 Å². The van der Waals surface area contributed by atoms with Crippen molar-refractivity contribution in [2.75, 3.05) is 27.2 Å². The Labute approximate surface area is 183 Å². The number of hydrogen-bond acceptors (Lipinski definition) is 6. The zero-order valence-corrected chi connectivity index (χ0v) is 17.7. The summed E-state index contributed by atoms with van der Waals surface area (Å²) in [5, 5.41) is 0. The van der Waals surface area contributed by atoms with Gasteiger partial charge in [0.05, 0.1) is 26.2 Å². The molecule has 0 saturated carbocycles. The van der Waals surface area contributed by atoms with Crippen LogP contribution in [0.3, 0.4) is 0 Å². The molecule has 2 heterocycles. The second-order valence-corrected chi connectivity index (χ2v) is 7.68. The van der Waals surface area contributed by atoms with E-state index in [0.29, 0.717) is 23.2 Å². The van der Waals surface area contributed by atoms with Crippen LogP contribution in [0.1, 0.15) is 16.7 Å². The number of carbonyl (C=O) groups excluding carboxylic acids is 3. The van der Waals surface area contributed by atoms with E-state index in [9.17, 15) is 14.4 Å². The van der Waals surface area contributed by atoms with Gasteiger partial charge < -0.3 is 24.0 Å². The maximum Gasteiger partial charge on any atom is 0.415 e. The van der Waals surface area contributed by atoms with E-state index in [-0.39, 0.29) is 37.7 Å². The van der Waals surface area contributed by atoms with Gasteiger partial charge in [-0.3, -0.25) is 4.90 Å². The standard InChI is InChI=1S/C22H22FN3O6/c1-24(2)20(27)31-17-7-6-14-11-26(22(29)32-18(14)10-17)13-16-5-3-4-15(19(16)23)12-25-8-9-30-21(25)28/h3-7,10H,8-9,11-13H2,1-2H3. The molecule has 0 aromatic heterocycles. The highest BCUT2D eigenvalue weighted by Gasteiger charge is 2.28. The molecule has 2 aromatic carbocycles. The number of rotatable bonds is 5. The predicted octanol–water partition coefficient (Wildman–Crippen LogP) is 3.35. The molecular weight excluding hydrogens is 421 g/mol. The summed E-state index contributed by atoms with van der Waals surface area (Å²) in [7, 11) is 3.12. The summed E-state index contributed by atoms with van der Waals surface area (Å²) in [4.78, 5) is 40.0. The van der Waals surface area contributed by atoms with Gasteiger partial charge in [-0.25, -0.2) is 18.8 Å². The van der Waals surface area contributed by atoms with Crippen LogP contribution in [0.4, 0.5) is 18.8 Å². The number of carbonyl (C=O) groups is 3. The van der Waals surface area contributed by atoms with Gasteiger partial charge in [-0.15, -0.1) is 0 Å². The van der Waals surface area contributed by atoms with Crippen LogP contribution in [0, 0.1) is 5.82 Å². The average molecular weight is 443 g/mol. The molecule has 2 aromatic rings. The number of halogens is 1. The SMILES string of the molecule is CN(C)C(=O)Oc1ccc2c(c1)OC(=O)N(Cc1cccc(CN3CCOC3=O)c1F)C2. The Morgan fingerprint density at radius 2 is 1.81 bits per heavy atom. The quantitative estimate of drug-likeness (QED) is 0.704. The smallest absolute Gasteiger partial charge is 0.415 e. The first-order valence-corrected chi connectivity index (χ1v) is 9.98. The highest BCUT2D eigenvalue weighted by molar-refractivity contribution is 5.75. The molecule has 4 rings (SSSR count). The molecule has 168 valence electrons. The van der Waals surface area contributed by atoms with Crippen molar-refractivity contribution in [3.05, 3.63) is 58.9 Å². The van der Waals surface area contributed by atoms with Crippen molar-refractivity contribution in [3.8, 4) is 11.5 Å². The normalized spacial score (nSPS) is 15.2. The highest BCUT2D eigenvalue weighted by atomic mass is 19.1. The lowest BCUT2D eigenvalue weighted by Gasteiger charge is -2.28. The molecule has 10 heteroatoms. The minimum atomic E-state index is -0.637. The molecule has 0 bridgehead atoms. The van der Waals surface area contributed by atoms with Crippen LogP contribution in [0.5, 0.6) is 11.5 Å². The predicted molar refractivity (Wildman–Crippen MR) is 110 cm³/mol. The molecule has 0 radical (unpaired) electrons. The van der Waals surface area contributed by atoms with E-state index < -0.39 is 24.1 Å². The molecule has 1 fully saturated rings. The van der Waals surface area contributed by atoms with Gasteiger partial charge in [0.15, 0.2) is 0 Å². The third-order valence-corrected chi connectivity index (χ3v) is 5.15. The van der Waals surface area contributed by atoms with E-state index in [0.717, 1.165) is 0 Å². The molecule has 0 atom stereocenters. The Morgan fingerprint density at radius 1 is 1.09 bits per heavy atom. The van der Waals surface area contributed by atoms with Crippen molar-refractivity contribution >= 4 is 18.3 Å². The van der Waals surface area contributed by atoms with Gasteiger partial charge in [-0.2, -0.15) is 0 Å². The zero-order chi connectivity index (χ0) is 22.8. The van der Waals surface area contributed by atoms with Crippen LogP contribution < -0.4 is 9.47 Å². The molecule has 0 unspecified atom stereocenters. The maximum atomic E-state index is 15.1. The molecule has 3 amide bonds. The minimum Gasteiger partial charge on any atom is -0.448 e. The number of amides is 3. The molecule has 2 aliphatic rings. The second-order valence-electron chi connectivity index (χ2n) is 7.68. The summed E-state index contributed by atoms with van der Waals surface area (Å²) in [6.45, 7) is 0.997. The van der Waals surface area contributed by atoms with Crippen molar-refractivity contribution in [3.63, 3.8) is 0 Å². The first-order chi connectivity index (χ1) is 15.3. The number of nitrogens with zero attached hydrogens (tertiary/aromatic N) is 3. The van der Waals surface area contributed by atoms with Crippen molar-refractivity contribution in [2.45, 2.75) is 19.6 Å². The molecule has 32 heavy (non-hydrogen) atoms. The second kappa shape index (κ2) is 8.74. The Balaban J connectivity index is 1.47. The van der Waals surface area contributed by atoms with E-state index in [1.165, 1.54) is 20.8 Å². The van der Waals surface area contributed by atoms with E-state index in [4.69, 9.17) is 14.2 Å². The summed E-state index contributed by atoms with van der Waals surface area (Å²) >= 11 is 0. The van der Waals surface area contributed by atoms with Gasteiger partial charge >= 0.3 is 18.3 Å². The van der Waals surface area contributed by atoms with E-state index in [2.05, 4.69) is 0 Å². The monoisotopic (exact) mass is 443 g/mol. The van der Waals surface area contributed by atoms with Crippen LogP contribution in [0.25, 0.3) is 0 Å². The van der Waals surface area contributed by atoms with Crippen molar-refractivity contribution < 1.29 is 33.0 Å². The van der Waals surface area contributed by atoms with Gasteiger partial charge in [0.1, 0.15) is 23.9 Å². The Kier molecular flexibility index (Phi) is 5.85. The van der Waals surface area contributed by atoms with Crippen LogP contribution in [-0.2, 0) is 24.4 Å². The molecule has 0 spiro atoms. The van der Waals surface area contributed by atoms with E-state index in [1.54, 1.807) is 44.4 Å². The zero-order valence-electron chi connectivity index (χ0n) is 17.7. The fourth-order valence-corrected chi connectivity index (χ4v) is 3.42. The number of ether oxygens (including phenoxy) is 3. The first kappa shape index (κ1) is 21.4. The van der Waals surface area contributed by atoms with Gasteiger partial charge in [-0.05, 0) is 12.1 Å². The Hall–Kier alpha value is -3.82. The number of fused-ring (bicyclic) bond motifs is 1. The van der Waals surface area contributed by atoms with Crippen LogP contribution in [-0.4, -0.2) is 60.2 Å². The fraction of sp³-hybridized carbons (Fsp3) is 0.318. The number of benzene rings is 2. The van der Waals surface area contributed by atoms with Gasteiger partial charge in [0.2, 0.25) is 0 Å². The molecule has 9 nitrogen and oxygen atoms in total. The maximum absolute atomic E-state index is 15.1. The minimum absolute atomic E-state index is 0.000238. The molecule has 0 N–H and O–H groups in total. The van der Waals surface area contributed by atoms with Gasteiger partial charge in [-0.1, -0.05) is 18.2 Å². The lowest BCUT2D eigenvalue weighted by Crippen LogP contribution is -2.36. The average Bonchev–Trinajstić information content (AvgIpc) is 3.15. The molecule has 1 saturated heterocycles. The van der Waals surface area contributed by atoms with Crippen LogP contribution in [0.15, 0.2) is 36.4 Å². The van der Waals surface area contributed by atoms with Crippen molar-refractivity contribution in [1.82, 2.24) is 14.7 Å². The molecule has 0 aliphatic carbocycles. The topological polar surface area (TPSA) is 88.6 Å². The summed E-state index contributed by atoms with van der Waals surface area (Å²) in [6.07, 6.45) is -1.66. The third kappa shape index (κ3) is 4.43. The largest absolute Gasteiger partial charge is 0.448 e. The summed E-state index contributed by atoms with van der Waals surface area (Å²) in [5.74, 6) is 0.0664. The highest BCUT2D eigenvalue weighted by Crippen LogP contribution is 2.31. The lowest BCUT2D eigenvalue weighted by atomic mass is 10.1. The Morgan fingerprint density at radius 3 is 2.47 bits per heavy atom. The van der Waals surface area contributed by atoms with Crippen molar-refractivity contribution in [1.29, 1.82) is 0 Å². The number of hydrogen-bond donors (Lipinski definition) is 0. The molecular formula is C22H22FN3O6. The summed E-state index contributed by atoms with van der Waals surface area (Å²) in [6, 6.07) is 9.65. The number of cyclic esters (lactones) is 1. The van der Waals surface area contributed by atoms with Gasteiger partial charge in [0.25, 0.3) is 0 Å². The summed E-state index contributed by atoms with van der Waals surface area (Å²) in [5.41, 5.74) is 1.36. The van der Waals surface area contributed by atoms with Gasteiger partial charge in [0, 0.05) is 36.9 Å². The third-order valence-electron chi connectivity index (χ3n) is 5.15.